The summed E-state index contributed by atoms with van der Waals surface area (Å²) in [6.45, 7) is 1.73. The number of esters is 1. The summed E-state index contributed by atoms with van der Waals surface area (Å²) in [5.74, 6) is 0.167. The van der Waals surface area contributed by atoms with E-state index in [0.717, 1.165) is 5.82 Å². The van der Waals surface area contributed by atoms with Crippen LogP contribution in [-0.2, 0) is 14.8 Å². The highest BCUT2D eigenvalue weighted by molar-refractivity contribution is 7.89. The summed E-state index contributed by atoms with van der Waals surface area (Å²) in [4.78, 5) is 18.2. The molecular weight excluding hydrogens is 342 g/mol. The lowest BCUT2D eigenvalue weighted by Crippen LogP contribution is -2.49. The van der Waals surface area contributed by atoms with Crippen molar-refractivity contribution in [2.24, 2.45) is 0 Å². The number of hydrogen-bond acceptors (Lipinski definition) is 6. The Hall–Kier alpha value is -2.45. The van der Waals surface area contributed by atoms with Gasteiger partial charge in [-0.05, 0) is 24.3 Å². The molecule has 1 aliphatic rings. The van der Waals surface area contributed by atoms with E-state index in [0.29, 0.717) is 26.2 Å². The van der Waals surface area contributed by atoms with E-state index in [4.69, 9.17) is 4.74 Å². The van der Waals surface area contributed by atoms with Crippen molar-refractivity contribution in [1.29, 1.82) is 0 Å². The van der Waals surface area contributed by atoms with Gasteiger partial charge in [0.1, 0.15) is 5.82 Å². The van der Waals surface area contributed by atoms with Gasteiger partial charge < -0.3 is 9.64 Å². The van der Waals surface area contributed by atoms with Gasteiger partial charge in [-0.1, -0.05) is 18.2 Å². The highest BCUT2D eigenvalue weighted by atomic mass is 32.2. The van der Waals surface area contributed by atoms with Crippen LogP contribution in [0.1, 0.15) is 10.4 Å². The fraction of sp³-hybridized carbons (Fsp3) is 0.294. The molecule has 1 saturated heterocycles. The molecule has 132 valence electrons. The Kier molecular flexibility index (Phi) is 5.00. The number of piperazine rings is 1. The van der Waals surface area contributed by atoms with Crippen LogP contribution >= 0.6 is 0 Å². The molecule has 2 aromatic rings. The summed E-state index contributed by atoms with van der Waals surface area (Å²) in [5.41, 5.74) is 0.0529. The average Bonchev–Trinajstić information content (AvgIpc) is 2.68. The molecule has 0 aliphatic carbocycles. The second kappa shape index (κ2) is 7.20. The SMILES string of the molecule is COC(=O)c1ccccc1S(=O)(=O)N1CCN(c2ccccn2)CC1. The fourth-order valence-corrected chi connectivity index (χ4v) is 4.41. The van der Waals surface area contributed by atoms with E-state index in [1.54, 1.807) is 18.3 Å². The summed E-state index contributed by atoms with van der Waals surface area (Å²) >= 11 is 0. The Morgan fingerprint density at radius 3 is 2.36 bits per heavy atom. The van der Waals surface area contributed by atoms with Gasteiger partial charge in [-0.3, -0.25) is 0 Å². The molecule has 1 aromatic heterocycles. The Morgan fingerprint density at radius 1 is 1.04 bits per heavy atom. The second-order valence-electron chi connectivity index (χ2n) is 5.57. The van der Waals surface area contributed by atoms with Crippen molar-refractivity contribution in [2.45, 2.75) is 4.90 Å². The Labute approximate surface area is 146 Å². The van der Waals surface area contributed by atoms with E-state index >= 15 is 0 Å². The van der Waals surface area contributed by atoms with Crippen LogP contribution in [0.3, 0.4) is 0 Å². The first kappa shape index (κ1) is 17.4. The summed E-state index contributed by atoms with van der Waals surface area (Å²) in [7, 11) is -2.53. The molecule has 1 fully saturated rings. The number of ether oxygens (including phenoxy) is 1. The quantitative estimate of drug-likeness (QED) is 0.766. The number of nitrogens with zero attached hydrogens (tertiary/aromatic N) is 3. The van der Waals surface area contributed by atoms with Crippen LogP contribution in [0.25, 0.3) is 0 Å². The molecule has 1 aromatic carbocycles. The molecule has 0 saturated carbocycles. The zero-order chi connectivity index (χ0) is 17.9. The summed E-state index contributed by atoms with van der Waals surface area (Å²) < 4.78 is 32.0. The maximum Gasteiger partial charge on any atom is 0.339 e. The summed E-state index contributed by atoms with van der Waals surface area (Å²) in [6.07, 6.45) is 1.71. The first-order valence-corrected chi connectivity index (χ1v) is 9.31. The lowest BCUT2D eigenvalue weighted by atomic mass is 10.2. The second-order valence-corrected chi connectivity index (χ2v) is 7.47. The number of carbonyl (C=O) groups is 1. The number of anilines is 1. The maximum absolute atomic E-state index is 13.0. The smallest absolute Gasteiger partial charge is 0.339 e. The van der Waals surface area contributed by atoms with Crippen LogP contribution in [0.2, 0.25) is 0 Å². The molecule has 2 heterocycles. The van der Waals surface area contributed by atoms with Gasteiger partial charge in [-0.2, -0.15) is 4.31 Å². The predicted molar refractivity (Wildman–Crippen MR) is 93.0 cm³/mol. The van der Waals surface area contributed by atoms with Gasteiger partial charge in [-0.25, -0.2) is 18.2 Å². The molecule has 7 nitrogen and oxygen atoms in total. The molecule has 0 spiro atoms. The Balaban J connectivity index is 1.80. The van der Waals surface area contributed by atoms with Gasteiger partial charge in [0.15, 0.2) is 0 Å². The first-order chi connectivity index (χ1) is 12.0. The van der Waals surface area contributed by atoms with Crippen LogP contribution in [0.5, 0.6) is 0 Å². The summed E-state index contributed by atoms with van der Waals surface area (Å²) in [6, 6.07) is 11.8. The van der Waals surface area contributed by atoms with Gasteiger partial charge in [0.05, 0.1) is 17.6 Å². The normalized spacial score (nSPS) is 15.8. The van der Waals surface area contributed by atoms with Crippen LogP contribution in [0.15, 0.2) is 53.6 Å². The monoisotopic (exact) mass is 361 g/mol. The number of benzene rings is 1. The molecule has 0 unspecified atom stereocenters. The maximum atomic E-state index is 13.0. The number of hydrogen-bond donors (Lipinski definition) is 0. The van der Waals surface area contributed by atoms with E-state index in [-0.39, 0.29) is 10.5 Å². The van der Waals surface area contributed by atoms with Crippen molar-refractivity contribution < 1.29 is 17.9 Å². The molecule has 0 N–H and O–H groups in total. The third-order valence-electron chi connectivity index (χ3n) is 4.12. The van der Waals surface area contributed by atoms with Crippen molar-refractivity contribution in [3.63, 3.8) is 0 Å². The molecule has 0 radical (unpaired) electrons. The number of pyridine rings is 1. The van der Waals surface area contributed by atoms with Gasteiger partial charge in [0, 0.05) is 32.4 Å². The van der Waals surface area contributed by atoms with Crippen molar-refractivity contribution >= 4 is 21.8 Å². The minimum atomic E-state index is -3.77. The molecule has 25 heavy (non-hydrogen) atoms. The average molecular weight is 361 g/mol. The Bertz CT molecular complexity index is 847. The highest BCUT2D eigenvalue weighted by Crippen LogP contribution is 2.23. The first-order valence-electron chi connectivity index (χ1n) is 7.87. The lowest BCUT2D eigenvalue weighted by Gasteiger charge is -2.34. The van der Waals surface area contributed by atoms with Crippen molar-refractivity contribution in [1.82, 2.24) is 9.29 Å². The van der Waals surface area contributed by atoms with Gasteiger partial charge in [0.2, 0.25) is 10.0 Å². The van der Waals surface area contributed by atoms with Crippen molar-refractivity contribution in [3.8, 4) is 0 Å². The predicted octanol–water partition coefficient (Wildman–Crippen LogP) is 1.38. The molecule has 3 rings (SSSR count). The van der Waals surface area contributed by atoms with Crippen molar-refractivity contribution in [2.75, 3.05) is 38.2 Å². The van der Waals surface area contributed by atoms with E-state index in [1.807, 2.05) is 23.1 Å². The molecular formula is C17H19N3O4S. The zero-order valence-corrected chi connectivity index (χ0v) is 14.6. The highest BCUT2D eigenvalue weighted by Gasteiger charge is 2.32. The number of methoxy groups -OCH3 is 1. The minimum absolute atomic E-state index is 0.0202. The number of rotatable bonds is 4. The Morgan fingerprint density at radius 2 is 1.72 bits per heavy atom. The third kappa shape index (κ3) is 3.49. The molecule has 1 aliphatic heterocycles. The topological polar surface area (TPSA) is 79.8 Å². The molecule has 8 heteroatoms. The van der Waals surface area contributed by atoms with Crippen molar-refractivity contribution in [3.05, 3.63) is 54.2 Å². The zero-order valence-electron chi connectivity index (χ0n) is 13.8. The minimum Gasteiger partial charge on any atom is -0.465 e. The van der Waals surface area contributed by atoms with Crippen LogP contribution in [0, 0.1) is 0 Å². The summed E-state index contributed by atoms with van der Waals surface area (Å²) in [5, 5.41) is 0. The van der Waals surface area contributed by atoms with E-state index in [1.165, 1.54) is 23.5 Å². The standard InChI is InChI=1S/C17H19N3O4S/c1-24-17(21)14-6-2-3-7-15(14)25(22,23)20-12-10-19(11-13-20)16-8-4-5-9-18-16/h2-9H,10-13H2,1H3. The lowest BCUT2D eigenvalue weighted by molar-refractivity contribution is 0.0596. The van der Waals surface area contributed by atoms with E-state index < -0.39 is 16.0 Å². The van der Waals surface area contributed by atoms with Crippen LogP contribution in [0.4, 0.5) is 5.82 Å². The van der Waals surface area contributed by atoms with Gasteiger partial charge >= 0.3 is 5.97 Å². The molecule has 0 atom stereocenters. The van der Waals surface area contributed by atoms with Gasteiger partial charge in [-0.15, -0.1) is 0 Å². The van der Waals surface area contributed by atoms with E-state index in [9.17, 15) is 13.2 Å². The fourth-order valence-electron chi connectivity index (χ4n) is 2.81. The van der Waals surface area contributed by atoms with E-state index in [2.05, 4.69) is 4.98 Å². The number of carbonyl (C=O) groups excluding carboxylic acids is 1. The largest absolute Gasteiger partial charge is 0.465 e. The van der Waals surface area contributed by atoms with Crippen LogP contribution < -0.4 is 4.90 Å². The molecule has 0 amide bonds. The molecule has 0 bridgehead atoms. The number of aromatic nitrogens is 1. The van der Waals surface area contributed by atoms with Gasteiger partial charge in [0.25, 0.3) is 0 Å². The number of sulfonamides is 1. The van der Waals surface area contributed by atoms with Crippen LogP contribution in [-0.4, -0.2) is 57.0 Å². The third-order valence-corrected chi connectivity index (χ3v) is 6.08.